The minimum Gasteiger partial charge on any atom is -0.492 e. The molecule has 1 aromatic heterocycles. The molecule has 0 saturated carbocycles. The van der Waals surface area contributed by atoms with Crippen LogP contribution in [0.1, 0.15) is 5.56 Å². The molecule has 0 aliphatic heterocycles. The molecule has 1 heterocycles. The van der Waals surface area contributed by atoms with Crippen molar-refractivity contribution in [3.8, 4) is 5.75 Å². The molecule has 0 bridgehead atoms. The molecule has 0 saturated heterocycles. The van der Waals surface area contributed by atoms with Gasteiger partial charge >= 0.3 is 6.09 Å². The number of hydrogen-bond acceptors (Lipinski definition) is 3. The predicted octanol–water partition coefficient (Wildman–Crippen LogP) is 4.63. The number of carbonyl (C=O) groups excluding carboxylic acids is 1. The van der Waals surface area contributed by atoms with Crippen LogP contribution in [0.5, 0.6) is 5.75 Å². The number of H-pyrrole nitrogens is 1. The number of carbonyl (C=O) groups is 1. The molecule has 0 spiro atoms. The summed E-state index contributed by atoms with van der Waals surface area (Å²) in [4.78, 5) is 15.1. The standard InChI is InChI=1S/C22H20N2O3/c25-22(27-15-16-6-2-1-3-7-16)23-12-13-26-17-10-11-19-18-8-4-5-9-20(18)24-21(19)14-17/h1-11,14,24H,12-13,15H2,(H,23,25). The van der Waals surface area contributed by atoms with E-state index < -0.39 is 6.09 Å². The van der Waals surface area contributed by atoms with Crippen LogP contribution >= 0.6 is 0 Å². The second-order valence-electron chi connectivity index (χ2n) is 6.21. The Morgan fingerprint density at radius 1 is 0.889 bits per heavy atom. The average molecular weight is 360 g/mol. The summed E-state index contributed by atoms with van der Waals surface area (Å²) < 4.78 is 10.9. The lowest BCUT2D eigenvalue weighted by Gasteiger charge is -2.09. The van der Waals surface area contributed by atoms with E-state index in [1.807, 2.05) is 60.7 Å². The van der Waals surface area contributed by atoms with E-state index in [9.17, 15) is 4.79 Å². The second-order valence-corrected chi connectivity index (χ2v) is 6.21. The van der Waals surface area contributed by atoms with Gasteiger partial charge in [0.2, 0.25) is 0 Å². The summed E-state index contributed by atoms with van der Waals surface area (Å²) in [6.45, 7) is 0.995. The summed E-state index contributed by atoms with van der Waals surface area (Å²) in [7, 11) is 0. The number of fused-ring (bicyclic) bond motifs is 3. The summed E-state index contributed by atoms with van der Waals surface area (Å²) in [5.41, 5.74) is 3.09. The Morgan fingerprint density at radius 3 is 2.56 bits per heavy atom. The van der Waals surface area contributed by atoms with Crippen LogP contribution in [0.15, 0.2) is 72.8 Å². The number of rotatable bonds is 6. The quantitative estimate of drug-likeness (QED) is 0.493. The summed E-state index contributed by atoms with van der Waals surface area (Å²) in [5.74, 6) is 0.758. The highest BCUT2D eigenvalue weighted by Gasteiger charge is 2.06. The van der Waals surface area contributed by atoms with Crippen molar-refractivity contribution in [3.63, 3.8) is 0 Å². The molecule has 0 unspecified atom stereocenters. The molecule has 5 nitrogen and oxygen atoms in total. The number of nitrogens with one attached hydrogen (secondary N) is 2. The number of benzene rings is 3. The van der Waals surface area contributed by atoms with E-state index in [-0.39, 0.29) is 6.61 Å². The molecule has 0 atom stereocenters. The number of alkyl carbamates (subject to hydrolysis) is 1. The second kappa shape index (κ2) is 7.83. The highest BCUT2D eigenvalue weighted by atomic mass is 16.5. The lowest BCUT2D eigenvalue weighted by atomic mass is 10.1. The van der Waals surface area contributed by atoms with E-state index in [2.05, 4.69) is 22.4 Å². The van der Waals surface area contributed by atoms with E-state index in [1.165, 1.54) is 10.8 Å². The van der Waals surface area contributed by atoms with Crippen LogP contribution in [0.2, 0.25) is 0 Å². The van der Waals surface area contributed by atoms with Gasteiger partial charge in [-0.15, -0.1) is 0 Å². The van der Waals surface area contributed by atoms with Crippen molar-refractivity contribution in [2.75, 3.05) is 13.2 Å². The molecule has 27 heavy (non-hydrogen) atoms. The largest absolute Gasteiger partial charge is 0.492 e. The first-order valence-corrected chi connectivity index (χ1v) is 8.87. The molecule has 4 rings (SSSR count). The van der Waals surface area contributed by atoms with Crippen LogP contribution in [0, 0.1) is 0 Å². The summed E-state index contributed by atoms with van der Waals surface area (Å²) >= 11 is 0. The highest BCUT2D eigenvalue weighted by molar-refractivity contribution is 6.07. The first-order chi connectivity index (χ1) is 13.3. The molecule has 1 amide bonds. The van der Waals surface area contributed by atoms with Gasteiger partial charge in [-0.1, -0.05) is 48.5 Å². The van der Waals surface area contributed by atoms with Gasteiger partial charge in [0, 0.05) is 22.4 Å². The number of hydrogen-bond donors (Lipinski definition) is 2. The maximum atomic E-state index is 11.7. The SMILES string of the molecule is O=C(NCCOc1ccc2c(c1)[nH]c1ccccc12)OCc1ccccc1. The number of amides is 1. The van der Waals surface area contributed by atoms with Crippen molar-refractivity contribution in [1.82, 2.24) is 10.3 Å². The van der Waals surface area contributed by atoms with Crippen molar-refractivity contribution in [2.24, 2.45) is 0 Å². The van der Waals surface area contributed by atoms with Crippen LogP contribution in [-0.2, 0) is 11.3 Å². The molecule has 0 aliphatic rings. The van der Waals surface area contributed by atoms with Gasteiger partial charge in [0.25, 0.3) is 0 Å². The van der Waals surface area contributed by atoms with Crippen molar-refractivity contribution in [1.29, 1.82) is 0 Å². The first-order valence-electron chi connectivity index (χ1n) is 8.87. The van der Waals surface area contributed by atoms with E-state index in [4.69, 9.17) is 9.47 Å². The molecule has 0 radical (unpaired) electrons. The van der Waals surface area contributed by atoms with Crippen molar-refractivity contribution >= 4 is 27.9 Å². The van der Waals surface area contributed by atoms with E-state index in [0.717, 1.165) is 22.3 Å². The Hall–Kier alpha value is -3.47. The van der Waals surface area contributed by atoms with Crippen LogP contribution < -0.4 is 10.1 Å². The van der Waals surface area contributed by atoms with Gasteiger partial charge in [0.15, 0.2) is 0 Å². The Bertz CT molecular complexity index is 1060. The maximum absolute atomic E-state index is 11.7. The lowest BCUT2D eigenvalue weighted by Crippen LogP contribution is -2.28. The van der Waals surface area contributed by atoms with Crippen LogP contribution in [0.4, 0.5) is 4.79 Å². The van der Waals surface area contributed by atoms with Crippen LogP contribution in [0.25, 0.3) is 21.8 Å². The monoisotopic (exact) mass is 360 g/mol. The third-order valence-electron chi connectivity index (χ3n) is 4.33. The van der Waals surface area contributed by atoms with Gasteiger partial charge in [-0.05, 0) is 23.8 Å². The smallest absolute Gasteiger partial charge is 0.407 e. The fraction of sp³-hybridized carbons (Fsp3) is 0.136. The number of aromatic amines is 1. The Balaban J connectivity index is 1.26. The minimum atomic E-state index is -0.450. The van der Waals surface area contributed by atoms with E-state index in [0.29, 0.717) is 13.2 Å². The zero-order valence-corrected chi connectivity index (χ0v) is 14.8. The summed E-state index contributed by atoms with van der Waals surface area (Å²) in [5, 5.41) is 5.05. The molecule has 136 valence electrons. The van der Waals surface area contributed by atoms with Crippen molar-refractivity contribution in [2.45, 2.75) is 6.61 Å². The number of ether oxygens (including phenoxy) is 2. The minimum absolute atomic E-state index is 0.255. The third kappa shape index (κ3) is 4.03. The molecule has 4 aromatic rings. The third-order valence-corrected chi connectivity index (χ3v) is 4.33. The van der Waals surface area contributed by atoms with E-state index >= 15 is 0 Å². The molecular weight excluding hydrogens is 340 g/mol. The molecule has 3 aromatic carbocycles. The lowest BCUT2D eigenvalue weighted by molar-refractivity contribution is 0.137. The van der Waals surface area contributed by atoms with Crippen molar-refractivity contribution < 1.29 is 14.3 Å². The topological polar surface area (TPSA) is 63.3 Å². The van der Waals surface area contributed by atoms with Gasteiger partial charge < -0.3 is 19.8 Å². The van der Waals surface area contributed by atoms with Gasteiger partial charge in [-0.25, -0.2) is 4.79 Å². The number of para-hydroxylation sites is 1. The van der Waals surface area contributed by atoms with E-state index in [1.54, 1.807) is 0 Å². The predicted molar refractivity (Wildman–Crippen MR) is 106 cm³/mol. The zero-order valence-electron chi connectivity index (χ0n) is 14.8. The number of aromatic nitrogens is 1. The Labute approximate surface area is 156 Å². The van der Waals surface area contributed by atoms with Gasteiger partial charge in [-0.2, -0.15) is 0 Å². The zero-order chi connectivity index (χ0) is 18.5. The summed E-state index contributed by atoms with van der Waals surface area (Å²) in [6.07, 6.45) is -0.450. The normalized spacial score (nSPS) is 10.8. The molecule has 0 aliphatic carbocycles. The fourth-order valence-electron chi connectivity index (χ4n) is 3.02. The Kier molecular flexibility index (Phi) is 4.92. The summed E-state index contributed by atoms with van der Waals surface area (Å²) in [6, 6.07) is 23.7. The van der Waals surface area contributed by atoms with Gasteiger partial charge in [-0.3, -0.25) is 0 Å². The van der Waals surface area contributed by atoms with Gasteiger partial charge in [0.05, 0.1) is 12.1 Å². The Morgan fingerprint density at radius 2 is 1.67 bits per heavy atom. The fourth-order valence-corrected chi connectivity index (χ4v) is 3.02. The molecule has 2 N–H and O–H groups in total. The van der Waals surface area contributed by atoms with Crippen LogP contribution in [-0.4, -0.2) is 24.2 Å². The molecule has 5 heteroatoms. The molecular formula is C22H20N2O3. The molecule has 0 fully saturated rings. The van der Waals surface area contributed by atoms with Gasteiger partial charge in [0.1, 0.15) is 19.0 Å². The highest BCUT2D eigenvalue weighted by Crippen LogP contribution is 2.28. The van der Waals surface area contributed by atoms with Crippen molar-refractivity contribution in [3.05, 3.63) is 78.4 Å². The average Bonchev–Trinajstić information content (AvgIpc) is 3.08. The first kappa shape index (κ1) is 17.0. The maximum Gasteiger partial charge on any atom is 0.407 e. The van der Waals surface area contributed by atoms with Crippen LogP contribution in [0.3, 0.4) is 0 Å².